The first kappa shape index (κ1) is 18.2. The highest BCUT2D eigenvalue weighted by molar-refractivity contribution is 7.85. The minimum Gasteiger partial charge on any atom is -0.451 e. The first-order valence-corrected chi connectivity index (χ1v) is 7.13. The van der Waals surface area contributed by atoms with Crippen molar-refractivity contribution < 1.29 is 35.7 Å². The van der Waals surface area contributed by atoms with E-state index in [0.29, 0.717) is 12.8 Å². The van der Waals surface area contributed by atoms with Gasteiger partial charge in [-0.05, 0) is 20.3 Å². The largest absolute Gasteiger partial charge is 0.451 e. The van der Waals surface area contributed by atoms with E-state index in [0.717, 1.165) is 0 Å². The van der Waals surface area contributed by atoms with Crippen LogP contribution in [0.2, 0.25) is 0 Å². The van der Waals surface area contributed by atoms with Crippen LogP contribution in [-0.4, -0.2) is 37.0 Å². The number of halogens is 3. The molecule has 0 aromatic heterocycles. The Hall–Kier alpha value is -0.830. The smallest absolute Gasteiger partial charge is 0.426 e. The van der Waals surface area contributed by atoms with Crippen LogP contribution < -0.4 is 0 Å². The zero-order valence-corrected chi connectivity index (χ0v) is 11.6. The van der Waals surface area contributed by atoms with E-state index >= 15 is 0 Å². The molecule has 0 saturated heterocycles. The first-order valence-electron chi connectivity index (χ1n) is 5.52. The summed E-state index contributed by atoms with van der Waals surface area (Å²) in [6.45, 7) is 4.55. The molecule has 0 heterocycles. The fraction of sp³-hybridized carbons (Fsp3) is 0.900. The van der Waals surface area contributed by atoms with Crippen molar-refractivity contribution in [2.45, 2.75) is 45.9 Å². The van der Waals surface area contributed by atoms with Gasteiger partial charge in [-0.1, -0.05) is 13.3 Å². The van der Waals surface area contributed by atoms with Crippen LogP contribution in [0, 0.1) is 5.41 Å². The second-order valence-electron chi connectivity index (χ2n) is 4.82. The highest BCUT2D eigenvalue weighted by atomic mass is 32.2. The summed E-state index contributed by atoms with van der Waals surface area (Å²) in [6.07, 6.45) is -7.08. The molecule has 5 nitrogen and oxygen atoms in total. The Balaban J connectivity index is 5.00. The van der Waals surface area contributed by atoms with E-state index in [1.54, 1.807) is 6.92 Å². The first-order chi connectivity index (χ1) is 8.29. The number of rotatable bonds is 6. The lowest BCUT2D eigenvalue weighted by Gasteiger charge is -2.26. The Morgan fingerprint density at radius 1 is 1.32 bits per heavy atom. The van der Waals surface area contributed by atoms with Crippen LogP contribution in [0.25, 0.3) is 0 Å². The minimum absolute atomic E-state index is 0.294. The molecule has 0 spiro atoms. The molecule has 0 amide bonds. The molecule has 0 radical (unpaired) electrons. The third kappa shape index (κ3) is 6.76. The Morgan fingerprint density at radius 3 is 2.11 bits per heavy atom. The van der Waals surface area contributed by atoms with Gasteiger partial charge in [0.15, 0.2) is 0 Å². The number of carbonyl (C=O) groups is 1. The van der Waals surface area contributed by atoms with Crippen molar-refractivity contribution in [1.82, 2.24) is 0 Å². The van der Waals surface area contributed by atoms with E-state index in [-0.39, 0.29) is 0 Å². The van der Waals surface area contributed by atoms with E-state index in [9.17, 15) is 26.4 Å². The molecule has 0 aromatic carbocycles. The summed E-state index contributed by atoms with van der Waals surface area (Å²) in [4.78, 5) is 11.6. The second kappa shape index (κ2) is 6.08. The molecule has 1 unspecified atom stereocenters. The molecule has 0 fully saturated rings. The average Bonchev–Trinajstić information content (AvgIpc) is 2.12. The van der Waals surface area contributed by atoms with E-state index in [4.69, 9.17) is 4.55 Å². The van der Waals surface area contributed by atoms with Gasteiger partial charge < -0.3 is 4.74 Å². The lowest BCUT2D eigenvalue weighted by molar-refractivity contribution is -0.220. The van der Waals surface area contributed by atoms with Gasteiger partial charge in [0.05, 0.1) is 5.41 Å². The highest BCUT2D eigenvalue weighted by Gasteiger charge is 2.47. The summed E-state index contributed by atoms with van der Waals surface area (Å²) in [5, 5.41) is 0. The number of hydrogen-bond acceptors (Lipinski definition) is 4. The fourth-order valence-electron chi connectivity index (χ4n) is 1.40. The highest BCUT2D eigenvalue weighted by Crippen LogP contribution is 2.29. The molecular formula is C10H17F3O5S. The number of hydrogen-bond donors (Lipinski definition) is 1. The molecule has 114 valence electrons. The monoisotopic (exact) mass is 306 g/mol. The molecule has 9 heteroatoms. The molecule has 0 bridgehead atoms. The summed E-state index contributed by atoms with van der Waals surface area (Å²) < 4.78 is 71.3. The summed E-state index contributed by atoms with van der Waals surface area (Å²) in [5.74, 6) is -2.86. The van der Waals surface area contributed by atoms with Gasteiger partial charge >= 0.3 is 12.1 Å². The van der Waals surface area contributed by atoms with Gasteiger partial charge in [-0.3, -0.25) is 9.35 Å². The van der Waals surface area contributed by atoms with E-state index in [1.807, 2.05) is 0 Å². The fourth-order valence-corrected chi connectivity index (χ4v) is 2.04. The Kier molecular flexibility index (Phi) is 5.82. The molecular weight excluding hydrogens is 289 g/mol. The van der Waals surface area contributed by atoms with Gasteiger partial charge in [0.2, 0.25) is 6.10 Å². The molecule has 19 heavy (non-hydrogen) atoms. The van der Waals surface area contributed by atoms with Crippen molar-refractivity contribution in [2.24, 2.45) is 5.41 Å². The molecule has 1 N–H and O–H groups in total. The van der Waals surface area contributed by atoms with E-state index in [2.05, 4.69) is 4.74 Å². The molecule has 0 aromatic rings. The van der Waals surface area contributed by atoms with Crippen molar-refractivity contribution in [1.29, 1.82) is 0 Å². The molecule has 0 saturated carbocycles. The Bertz CT molecular complexity index is 413. The summed E-state index contributed by atoms with van der Waals surface area (Å²) >= 11 is 0. The predicted octanol–water partition coefficient (Wildman–Crippen LogP) is 2.17. The van der Waals surface area contributed by atoms with Crippen LogP contribution in [0.3, 0.4) is 0 Å². The van der Waals surface area contributed by atoms with Gasteiger partial charge in [0.25, 0.3) is 10.1 Å². The minimum atomic E-state index is -5.06. The maximum atomic E-state index is 12.5. The van der Waals surface area contributed by atoms with Gasteiger partial charge in [-0.2, -0.15) is 21.6 Å². The van der Waals surface area contributed by atoms with Crippen LogP contribution in [0.15, 0.2) is 0 Å². The molecule has 0 rings (SSSR count). The molecule has 0 aliphatic heterocycles. The normalized spacial score (nSPS) is 15.1. The molecule has 0 aliphatic carbocycles. The van der Waals surface area contributed by atoms with E-state index in [1.165, 1.54) is 13.8 Å². The van der Waals surface area contributed by atoms with Crippen molar-refractivity contribution in [2.75, 3.05) is 5.75 Å². The number of esters is 1. The van der Waals surface area contributed by atoms with Crippen LogP contribution in [-0.2, 0) is 19.6 Å². The van der Waals surface area contributed by atoms with Crippen LogP contribution in [0.5, 0.6) is 0 Å². The van der Waals surface area contributed by atoms with Crippen LogP contribution in [0.4, 0.5) is 13.2 Å². The van der Waals surface area contributed by atoms with Crippen molar-refractivity contribution >= 4 is 16.1 Å². The van der Waals surface area contributed by atoms with Gasteiger partial charge in [-0.25, -0.2) is 0 Å². The summed E-state index contributed by atoms with van der Waals surface area (Å²) in [5.41, 5.74) is -1.16. The Morgan fingerprint density at radius 2 is 1.79 bits per heavy atom. The standard InChI is InChI=1S/C10H17F3O5S/c1-4-5-9(2,3)8(14)18-7(10(11,12)13)6-19(15,16)17/h7H,4-6H2,1-3H3,(H,15,16,17). The van der Waals surface area contributed by atoms with Crippen molar-refractivity contribution in [3.8, 4) is 0 Å². The molecule has 1 atom stereocenters. The maximum Gasteiger partial charge on any atom is 0.426 e. The topological polar surface area (TPSA) is 80.7 Å². The number of carbonyl (C=O) groups excluding carboxylic acids is 1. The quantitative estimate of drug-likeness (QED) is 0.601. The second-order valence-corrected chi connectivity index (χ2v) is 6.32. The van der Waals surface area contributed by atoms with E-state index < -0.39 is 39.5 Å². The summed E-state index contributed by atoms with van der Waals surface area (Å²) in [6, 6.07) is 0. The lowest BCUT2D eigenvalue weighted by atomic mass is 9.88. The third-order valence-electron chi connectivity index (χ3n) is 2.40. The lowest BCUT2D eigenvalue weighted by Crippen LogP contribution is -2.42. The zero-order valence-electron chi connectivity index (χ0n) is 10.8. The Labute approximate surface area is 109 Å². The van der Waals surface area contributed by atoms with Gasteiger partial charge in [-0.15, -0.1) is 0 Å². The zero-order chi connectivity index (χ0) is 15.5. The maximum absolute atomic E-state index is 12.5. The van der Waals surface area contributed by atoms with Crippen LogP contribution in [0.1, 0.15) is 33.6 Å². The van der Waals surface area contributed by atoms with Gasteiger partial charge in [0.1, 0.15) is 5.75 Å². The van der Waals surface area contributed by atoms with Crippen LogP contribution >= 0.6 is 0 Å². The predicted molar refractivity (Wildman–Crippen MR) is 61.0 cm³/mol. The number of alkyl halides is 3. The molecule has 0 aliphatic rings. The van der Waals surface area contributed by atoms with Crippen molar-refractivity contribution in [3.63, 3.8) is 0 Å². The van der Waals surface area contributed by atoms with Crippen molar-refractivity contribution in [3.05, 3.63) is 0 Å². The SMILES string of the molecule is CCCC(C)(C)C(=O)OC(CS(=O)(=O)O)C(F)(F)F. The third-order valence-corrected chi connectivity index (χ3v) is 3.13. The van der Waals surface area contributed by atoms with Gasteiger partial charge in [0, 0.05) is 0 Å². The number of ether oxygens (including phenoxy) is 1. The average molecular weight is 306 g/mol. The summed E-state index contributed by atoms with van der Waals surface area (Å²) in [7, 11) is -4.91.